The summed E-state index contributed by atoms with van der Waals surface area (Å²) in [6.45, 7) is 6.59. The van der Waals surface area contributed by atoms with Crippen molar-refractivity contribution >= 4 is 0 Å². The molecule has 0 radical (unpaired) electrons. The molecule has 1 aromatic carbocycles. The third-order valence-electron chi connectivity index (χ3n) is 3.04. The van der Waals surface area contributed by atoms with Gasteiger partial charge in [0.05, 0.1) is 6.61 Å². The zero-order valence-electron chi connectivity index (χ0n) is 8.62. The summed E-state index contributed by atoms with van der Waals surface area (Å²) in [5.74, 6) is 0.444. The summed E-state index contributed by atoms with van der Waals surface area (Å²) in [5, 5.41) is 9.41. The molecule has 0 amide bonds. The van der Waals surface area contributed by atoms with Crippen molar-refractivity contribution in [1.29, 1.82) is 0 Å². The SMILES string of the molecule is CC(C)[C@](C)(CO)c1ccccc1. The standard InChI is InChI=1S/C12H18O/c1-10(2)12(3,9-13)11-7-5-4-6-8-11/h4-8,10,13H,9H2,1-3H3/t12-/m0/s1. The Balaban J connectivity index is 3.03. The number of hydrogen-bond acceptors (Lipinski definition) is 1. The summed E-state index contributed by atoms with van der Waals surface area (Å²) in [4.78, 5) is 0. The van der Waals surface area contributed by atoms with Crippen molar-refractivity contribution in [2.24, 2.45) is 5.92 Å². The maximum absolute atomic E-state index is 9.41. The predicted molar refractivity (Wildman–Crippen MR) is 55.7 cm³/mol. The number of aliphatic hydroxyl groups is 1. The number of rotatable bonds is 3. The Bertz CT molecular complexity index is 253. The molecular weight excluding hydrogens is 160 g/mol. The Labute approximate surface area is 80.4 Å². The Kier molecular flexibility index (Phi) is 3.10. The van der Waals surface area contributed by atoms with E-state index in [4.69, 9.17) is 0 Å². The van der Waals surface area contributed by atoms with Gasteiger partial charge in [-0.3, -0.25) is 0 Å². The smallest absolute Gasteiger partial charge is 0.0527 e. The second-order valence-corrected chi connectivity index (χ2v) is 4.10. The third kappa shape index (κ3) is 1.92. The maximum Gasteiger partial charge on any atom is 0.0527 e. The highest BCUT2D eigenvalue weighted by Gasteiger charge is 2.29. The van der Waals surface area contributed by atoms with Gasteiger partial charge < -0.3 is 5.11 Å². The van der Waals surface area contributed by atoms with Crippen LogP contribution < -0.4 is 0 Å². The summed E-state index contributed by atoms with van der Waals surface area (Å²) in [6.07, 6.45) is 0. The van der Waals surface area contributed by atoms with Crippen LogP contribution in [0.2, 0.25) is 0 Å². The van der Waals surface area contributed by atoms with Gasteiger partial charge in [-0.25, -0.2) is 0 Å². The molecule has 1 heteroatoms. The van der Waals surface area contributed by atoms with E-state index in [1.807, 2.05) is 18.2 Å². The minimum absolute atomic E-state index is 0.110. The highest BCUT2D eigenvalue weighted by atomic mass is 16.3. The van der Waals surface area contributed by atoms with Crippen molar-refractivity contribution in [1.82, 2.24) is 0 Å². The van der Waals surface area contributed by atoms with E-state index < -0.39 is 0 Å². The fourth-order valence-electron chi connectivity index (χ4n) is 1.43. The molecule has 0 unspecified atom stereocenters. The van der Waals surface area contributed by atoms with E-state index in [0.29, 0.717) is 5.92 Å². The van der Waals surface area contributed by atoms with Gasteiger partial charge in [0, 0.05) is 5.41 Å². The highest BCUT2D eigenvalue weighted by molar-refractivity contribution is 5.25. The summed E-state index contributed by atoms with van der Waals surface area (Å²) in [7, 11) is 0. The summed E-state index contributed by atoms with van der Waals surface area (Å²) >= 11 is 0. The first kappa shape index (κ1) is 10.3. The van der Waals surface area contributed by atoms with E-state index in [0.717, 1.165) is 0 Å². The van der Waals surface area contributed by atoms with E-state index in [2.05, 4.69) is 32.9 Å². The summed E-state index contributed by atoms with van der Waals surface area (Å²) < 4.78 is 0. The summed E-state index contributed by atoms with van der Waals surface area (Å²) in [6, 6.07) is 10.2. The molecule has 0 aromatic heterocycles. The van der Waals surface area contributed by atoms with Crippen LogP contribution in [0.3, 0.4) is 0 Å². The third-order valence-corrected chi connectivity index (χ3v) is 3.04. The molecule has 13 heavy (non-hydrogen) atoms. The molecule has 0 aliphatic heterocycles. The van der Waals surface area contributed by atoms with Crippen LogP contribution in [0.1, 0.15) is 26.3 Å². The Hall–Kier alpha value is -0.820. The van der Waals surface area contributed by atoms with Crippen LogP contribution in [0.25, 0.3) is 0 Å². The van der Waals surface area contributed by atoms with Crippen molar-refractivity contribution < 1.29 is 5.11 Å². The highest BCUT2D eigenvalue weighted by Crippen LogP contribution is 2.30. The van der Waals surface area contributed by atoms with Crippen LogP contribution in [0.5, 0.6) is 0 Å². The van der Waals surface area contributed by atoms with Gasteiger partial charge in [-0.05, 0) is 11.5 Å². The average molecular weight is 178 g/mol. The van der Waals surface area contributed by atoms with Gasteiger partial charge in [0.15, 0.2) is 0 Å². The first-order chi connectivity index (χ1) is 6.11. The molecule has 1 aromatic rings. The second-order valence-electron chi connectivity index (χ2n) is 4.10. The Morgan fingerprint density at radius 1 is 1.23 bits per heavy atom. The van der Waals surface area contributed by atoms with E-state index >= 15 is 0 Å². The van der Waals surface area contributed by atoms with E-state index in [9.17, 15) is 5.11 Å². The zero-order valence-corrected chi connectivity index (χ0v) is 8.62. The molecule has 0 aliphatic carbocycles. The lowest BCUT2D eigenvalue weighted by Crippen LogP contribution is -2.32. The molecule has 0 aliphatic rings. The normalized spacial score (nSPS) is 15.8. The largest absolute Gasteiger partial charge is 0.395 e. The van der Waals surface area contributed by atoms with Crippen molar-refractivity contribution in [3.63, 3.8) is 0 Å². The molecule has 0 bridgehead atoms. The van der Waals surface area contributed by atoms with Gasteiger partial charge >= 0.3 is 0 Å². The molecule has 72 valence electrons. The van der Waals surface area contributed by atoms with Crippen LogP contribution in [0.4, 0.5) is 0 Å². The quantitative estimate of drug-likeness (QED) is 0.754. The maximum atomic E-state index is 9.41. The van der Waals surface area contributed by atoms with Crippen LogP contribution >= 0.6 is 0 Å². The molecule has 1 N–H and O–H groups in total. The average Bonchev–Trinajstić information content (AvgIpc) is 2.17. The van der Waals surface area contributed by atoms with Crippen LogP contribution in [0, 0.1) is 5.92 Å². The molecule has 0 saturated carbocycles. The van der Waals surface area contributed by atoms with Gasteiger partial charge in [0.2, 0.25) is 0 Å². The van der Waals surface area contributed by atoms with Crippen molar-refractivity contribution in [2.75, 3.05) is 6.61 Å². The lowest BCUT2D eigenvalue weighted by atomic mass is 9.74. The van der Waals surface area contributed by atoms with Crippen LogP contribution in [-0.4, -0.2) is 11.7 Å². The molecule has 1 nitrogen and oxygen atoms in total. The minimum atomic E-state index is -0.110. The van der Waals surface area contributed by atoms with Crippen molar-refractivity contribution in [3.8, 4) is 0 Å². The predicted octanol–water partition coefficient (Wildman–Crippen LogP) is 2.59. The fourth-order valence-corrected chi connectivity index (χ4v) is 1.43. The minimum Gasteiger partial charge on any atom is -0.395 e. The Morgan fingerprint density at radius 2 is 1.77 bits per heavy atom. The van der Waals surface area contributed by atoms with Gasteiger partial charge in [-0.2, -0.15) is 0 Å². The monoisotopic (exact) mass is 178 g/mol. The summed E-state index contributed by atoms with van der Waals surface area (Å²) in [5.41, 5.74) is 1.11. The van der Waals surface area contributed by atoms with Crippen molar-refractivity contribution in [3.05, 3.63) is 35.9 Å². The molecule has 0 fully saturated rings. The molecule has 0 heterocycles. The Morgan fingerprint density at radius 3 is 2.15 bits per heavy atom. The molecule has 1 rings (SSSR count). The number of hydrogen-bond donors (Lipinski definition) is 1. The first-order valence-electron chi connectivity index (χ1n) is 4.77. The number of aliphatic hydroxyl groups excluding tert-OH is 1. The van der Waals surface area contributed by atoms with Crippen LogP contribution in [0.15, 0.2) is 30.3 Å². The molecule has 0 saturated heterocycles. The molecule has 1 atom stereocenters. The molecular formula is C12H18O. The lowest BCUT2D eigenvalue weighted by Gasteiger charge is -2.32. The van der Waals surface area contributed by atoms with Crippen LogP contribution in [-0.2, 0) is 5.41 Å². The van der Waals surface area contributed by atoms with Gasteiger partial charge in [0.25, 0.3) is 0 Å². The number of benzene rings is 1. The van der Waals surface area contributed by atoms with E-state index in [1.54, 1.807) is 0 Å². The first-order valence-corrected chi connectivity index (χ1v) is 4.77. The van der Waals surface area contributed by atoms with Gasteiger partial charge in [-0.1, -0.05) is 51.1 Å². The van der Waals surface area contributed by atoms with E-state index in [-0.39, 0.29) is 12.0 Å². The van der Waals surface area contributed by atoms with Crippen molar-refractivity contribution in [2.45, 2.75) is 26.2 Å². The molecule has 0 spiro atoms. The van der Waals surface area contributed by atoms with Gasteiger partial charge in [-0.15, -0.1) is 0 Å². The topological polar surface area (TPSA) is 20.2 Å². The van der Waals surface area contributed by atoms with Gasteiger partial charge in [0.1, 0.15) is 0 Å². The van der Waals surface area contributed by atoms with E-state index in [1.165, 1.54) is 5.56 Å². The fraction of sp³-hybridized carbons (Fsp3) is 0.500. The zero-order chi connectivity index (χ0) is 9.90. The second kappa shape index (κ2) is 3.93. The lowest BCUT2D eigenvalue weighted by molar-refractivity contribution is 0.165.